The van der Waals surface area contributed by atoms with Crippen molar-refractivity contribution in [2.75, 3.05) is 5.73 Å². The van der Waals surface area contributed by atoms with Crippen molar-refractivity contribution in [1.82, 2.24) is 15.3 Å². The summed E-state index contributed by atoms with van der Waals surface area (Å²) in [7, 11) is -3.69. The highest BCUT2D eigenvalue weighted by atomic mass is 32.2. The van der Waals surface area contributed by atoms with Gasteiger partial charge < -0.3 is 15.5 Å². The van der Waals surface area contributed by atoms with Gasteiger partial charge in [-0.05, 0) is 48.5 Å². The van der Waals surface area contributed by atoms with Crippen molar-refractivity contribution < 1.29 is 17.6 Å². The molecule has 0 aliphatic heterocycles. The maximum atomic E-state index is 12.6. The fourth-order valence-corrected chi connectivity index (χ4v) is 3.92. The summed E-state index contributed by atoms with van der Waals surface area (Å²) >= 11 is 0. The molecule has 3 N–H and O–H groups in total. The number of nitrogens with two attached hydrogens (primary N) is 1. The van der Waals surface area contributed by atoms with E-state index in [1.165, 1.54) is 42.7 Å². The molecule has 0 unspecified atom stereocenters. The van der Waals surface area contributed by atoms with E-state index in [9.17, 15) is 13.2 Å². The van der Waals surface area contributed by atoms with Crippen LogP contribution < -0.4 is 11.1 Å². The zero-order valence-corrected chi connectivity index (χ0v) is 15.9. The van der Waals surface area contributed by atoms with Crippen LogP contribution in [0.25, 0.3) is 11.0 Å². The Kier molecular flexibility index (Phi) is 4.73. The standard InChI is InChI=1S/C20H16N4O4S/c21-14-1-4-16(5-2-14)29(26,27)17-6-3-15(23-11-17)10-24-20(25)18-9-13-7-8-22-12-19(13)28-18/h1-9,11-12H,10,21H2,(H,24,25). The number of anilines is 1. The predicted molar refractivity (Wildman–Crippen MR) is 106 cm³/mol. The number of furan rings is 1. The third kappa shape index (κ3) is 3.81. The van der Waals surface area contributed by atoms with E-state index >= 15 is 0 Å². The number of nitrogens with zero attached hydrogens (tertiary/aromatic N) is 2. The SMILES string of the molecule is Nc1ccc(S(=O)(=O)c2ccc(CNC(=O)c3cc4ccncc4o3)nc2)cc1. The van der Waals surface area contributed by atoms with E-state index in [0.29, 0.717) is 17.0 Å². The quantitative estimate of drug-likeness (QED) is 0.486. The number of fused-ring (bicyclic) bond motifs is 1. The van der Waals surface area contributed by atoms with Gasteiger partial charge in [0.05, 0.1) is 28.2 Å². The molecule has 3 heterocycles. The molecule has 0 aliphatic rings. The average molecular weight is 408 g/mol. The lowest BCUT2D eigenvalue weighted by Gasteiger charge is -2.07. The molecule has 0 saturated heterocycles. The molecule has 4 rings (SSSR count). The van der Waals surface area contributed by atoms with Crippen LogP contribution >= 0.6 is 0 Å². The van der Waals surface area contributed by atoms with Crippen molar-refractivity contribution in [3.63, 3.8) is 0 Å². The highest BCUT2D eigenvalue weighted by Crippen LogP contribution is 2.21. The second-order valence-electron chi connectivity index (χ2n) is 6.26. The van der Waals surface area contributed by atoms with Gasteiger partial charge in [-0.2, -0.15) is 0 Å². The minimum atomic E-state index is -3.69. The zero-order valence-electron chi connectivity index (χ0n) is 15.1. The van der Waals surface area contributed by atoms with E-state index in [0.717, 1.165) is 5.39 Å². The van der Waals surface area contributed by atoms with Gasteiger partial charge in [-0.25, -0.2) is 8.42 Å². The van der Waals surface area contributed by atoms with Crippen molar-refractivity contribution in [2.24, 2.45) is 0 Å². The number of aromatic nitrogens is 2. The molecular formula is C20H16N4O4S. The predicted octanol–water partition coefficient (Wildman–Crippen LogP) is 2.57. The number of carbonyl (C=O) groups is 1. The Balaban J connectivity index is 1.45. The number of hydrogen-bond acceptors (Lipinski definition) is 7. The molecule has 8 nitrogen and oxygen atoms in total. The van der Waals surface area contributed by atoms with Crippen LogP contribution in [-0.4, -0.2) is 24.3 Å². The van der Waals surface area contributed by atoms with E-state index in [1.54, 1.807) is 24.4 Å². The molecule has 0 radical (unpaired) electrons. The summed E-state index contributed by atoms with van der Waals surface area (Å²) in [5, 5.41) is 3.47. The zero-order chi connectivity index (χ0) is 20.4. The van der Waals surface area contributed by atoms with Crippen molar-refractivity contribution in [3.8, 4) is 0 Å². The Morgan fingerprint density at radius 2 is 1.79 bits per heavy atom. The van der Waals surface area contributed by atoms with Crippen LogP contribution in [0.5, 0.6) is 0 Å². The number of sulfone groups is 1. The van der Waals surface area contributed by atoms with Gasteiger partial charge in [-0.15, -0.1) is 0 Å². The van der Waals surface area contributed by atoms with Crippen LogP contribution in [0.4, 0.5) is 5.69 Å². The maximum Gasteiger partial charge on any atom is 0.287 e. The average Bonchev–Trinajstić information content (AvgIpc) is 3.17. The Morgan fingerprint density at radius 3 is 2.48 bits per heavy atom. The fourth-order valence-electron chi connectivity index (χ4n) is 2.71. The molecule has 3 aromatic heterocycles. The van der Waals surface area contributed by atoms with Crippen LogP contribution in [0.3, 0.4) is 0 Å². The summed E-state index contributed by atoms with van der Waals surface area (Å²) in [6.45, 7) is 0.121. The molecular weight excluding hydrogens is 392 g/mol. The van der Waals surface area contributed by atoms with Gasteiger partial charge >= 0.3 is 0 Å². The Labute approximate surface area is 166 Å². The number of carbonyl (C=O) groups excluding carboxylic acids is 1. The van der Waals surface area contributed by atoms with Crippen LogP contribution in [0.1, 0.15) is 16.2 Å². The molecule has 1 amide bonds. The van der Waals surface area contributed by atoms with E-state index in [2.05, 4.69) is 15.3 Å². The number of nitrogens with one attached hydrogen (secondary N) is 1. The number of hydrogen-bond donors (Lipinski definition) is 2. The summed E-state index contributed by atoms with van der Waals surface area (Å²) in [5.41, 5.74) is 7.11. The molecule has 9 heteroatoms. The number of rotatable bonds is 5. The minimum absolute atomic E-state index is 0.0575. The molecule has 29 heavy (non-hydrogen) atoms. The molecule has 0 aliphatic carbocycles. The van der Waals surface area contributed by atoms with Crippen LogP contribution in [0.2, 0.25) is 0 Å². The maximum absolute atomic E-state index is 12.6. The molecule has 0 bridgehead atoms. The molecule has 1 aromatic carbocycles. The molecule has 0 fully saturated rings. The monoisotopic (exact) mass is 408 g/mol. The fraction of sp³-hybridized carbons (Fsp3) is 0.0500. The molecule has 4 aromatic rings. The van der Waals surface area contributed by atoms with Gasteiger partial charge in [0.25, 0.3) is 5.91 Å². The van der Waals surface area contributed by atoms with Crippen LogP contribution in [0, 0.1) is 0 Å². The first-order valence-electron chi connectivity index (χ1n) is 8.61. The number of pyridine rings is 2. The summed E-state index contributed by atoms with van der Waals surface area (Å²) in [6.07, 6.45) is 4.41. The first-order valence-corrected chi connectivity index (χ1v) is 10.1. The van der Waals surface area contributed by atoms with Crippen LogP contribution in [-0.2, 0) is 16.4 Å². The smallest absolute Gasteiger partial charge is 0.287 e. The van der Waals surface area contributed by atoms with Gasteiger partial charge in [-0.3, -0.25) is 14.8 Å². The van der Waals surface area contributed by atoms with Gasteiger partial charge in [0.2, 0.25) is 9.84 Å². The van der Waals surface area contributed by atoms with Gasteiger partial charge in [0.1, 0.15) is 0 Å². The summed E-state index contributed by atoms with van der Waals surface area (Å²) in [5.74, 6) is -0.239. The molecule has 0 saturated carbocycles. The number of benzene rings is 1. The van der Waals surface area contributed by atoms with E-state index in [1.807, 2.05) is 0 Å². The van der Waals surface area contributed by atoms with E-state index in [-0.39, 0.29) is 22.1 Å². The van der Waals surface area contributed by atoms with Gasteiger partial charge in [0.15, 0.2) is 11.3 Å². The second-order valence-corrected chi connectivity index (χ2v) is 8.21. The number of nitrogen functional groups attached to an aromatic ring is 1. The highest BCUT2D eigenvalue weighted by molar-refractivity contribution is 7.91. The first kappa shape index (κ1) is 18.6. The highest BCUT2D eigenvalue weighted by Gasteiger charge is 2.18. The lowest BCUT2D eigenvalue weighted by molar-refractivity contribution is 0.0925. The van der Waals surface area contributed by atoms with Crippen molar-refractivity contribution >= 4 is 32.4 Å². The molecule has 0 spiro atoms. The Bertz CT molecular complexity index is 1250. The van der Waals surface area contributed by atoms with Crippen LogP contribution in [0.15, 0.2) is 81.3 Å². The first-order chi connectivity index (χ1) is 13.9. The Hall–Kier alpha value is -3.72. The molecule has 146 valence electrons. The number of amides is 1. The van der Waals surface area contributed by atoms with E-state index < -0.39 is 15.7 Å². The summed E-state index contributed by atoms with van der Waals surface area (Å²) in [4.78, 5) is 20.5. The van der Waals surface area contributed by atoms with Gasteiger partial charge in [0, 0.05) is 23.5 Å². The molecule has 0 atom stereocenters. The third-order valence-electron chi connectivity index (χ3n) is 4.28. The largest absolute Gasteiger partial charge is 0.449 e. The summed E-state index contributed by atoms with van der Waals surface area (Å²) in [6, 6.07) is 12.3. The van der Waals surface area contributed by atoms with Gasteiger partial charge in [-0.1, -0.05) is 0 Å². The van der Waals surface area contributed by atoms with Crippen molar-refractivity contribution in [3.05, 3.63) is 78.6 Å². The van der Waals surface area contributed by atoms with Crippen molar-refractivity contribution in [2.45, 2.75) is 16.3 Å². The minimum Gasteiger partial charge on any atom is -0.449 e. The van der Waals surface area contributed by atoms with Crippen molar-refractivity contribution in [1.29, 1.82) is 0 Å². The Morgan fingerprint density at radius 1 is 1.03 bits per heavy atom. The lowest BCUT2D eigenvalue weighted by Crippen LogP contribution is -2.22. The third-order valence-corrected chi connectivity index (χ3v) is 6.03. The topological polar surface area (TPSA) is 128 Å². The summed E-state index contributed by atoms with van der Waals surface area (Å²) < 4.78 is 30.7. The normalized spacial score (nSPS) is 11.4. The second kappa shape index (κ2) is 7.36. The van der Waals surface area contributed by atoms with E-state index in [4.69, 9.17) is 10.2 Å². The lowest BCUT2D eigenvalue weighted by atomic mass is 10.3.